The van der Waals surface area contributed by atoms with Crippen molar-refractivity contribution in [2.75, 3.05) is 0 Å². The molecule has 2 aromatic carbocycles. The predicted molar refractivity (Wildman–Crippen MR) is 97.5 cm³/mol. The zero-order valence-corrected chi connectivity index (χ0v) is 14.2. The van der Waals surface area contributed by atoms with Crippen LogP contribution in [0, 0.1) is 17.0 Å². The van der Waals surface area contributed by atoms with Gasteiger partial charge in [-0.25, -0.2) is 4.98 Å². The summed E-state index contributed by atoms with van der Waals surface area (Å²) in [6.45, 7) is 2.08. The van der Waals surface area contributed by atoms with Gasteiger partial charge in [-0.1, -0.05) is 36.0 Å². The van der Waals surface area contributed by atoms with Crippen LogP contribution >= 0.6 is 11.8 Å². The molecular formula is C19H13N3O2S. The van der Waals surface area contributed by atoms with Crippen LogP contribution < -0.4 is 0 Å². The number of nitrogens with zero attached hydrogens (tertiary/aromatic N) is 3. The molecule has 0 N–H and O–H groups in total. The zero-order valence-electron chi connectivity index (χ0n) is 13.4. The number of benzene rings is 2. The van der Waals surface area contributed by atoms with Crippen molar-refractivity contribution < 1.29 is 4.92 Å². The Morgan fingerprint density at radius 1 is 1.20 bits per heavy atom. The van der Waals surface area contributed by atoms with E-state index in [4.69, 9.17) is 4.98 Å². The van der Waals surface area contributed by atoms with Crippen molar-refractivity contribution in [2.24, 2.45) is 0 Å². The highest BCUT2D eigenvalue weighted by atomic mass is 32.2. The number of hydrogen-bond acceptors (Lipinski definition) is 4. The van der Waals surface area contributed by atoms with Crippen molar-refractivity contribution in [3.63, 3.8) is 0 Å². The first kappa shape index (κ1) is 14.5. The van der Waals surface area contributed by atoms with E-state index in [1.807, 2.05) is 18.2 Å². The summed E-state index contributed by atoms with van der Waals surface area (Å²) >= 11 is 1.59. The van der Waals surface area contributed by atoms with Gasteiger partial charge in [0.2, 0.25) is 0 Å². The van der Waals surface area contributed by atoms with Gasteiger partial charge in [0.25, 0.3) is 5.69 Å². The number of non-ortho nitro benzene ring substituents is 1. The third kappa shape index (κ3) is 2.07. The third-order valence-corrected chi connectivity index (χ3v) is 5.81. The molecule has 3 heterocycles. The second kappa shape index (κ2) is 5.07. The topological polar surface area (TPSA) is 60.4 Å². The molecule has 0 spiro atoms. The second-order valence-corrected chi connectivity index (χ2v) is 7.25. The standard InChI is InChI=1S/C19H13N3O2S/c1-11-8-12-4-2-3-5-15(12)18-20-19-16(21(11)18)10-13-9-14(22(23)24)6-7-17(13)25-19/h2-9H,10H2,1H3. The smallest absolute Gasteiger partial charge is 0.269 e. The van der Waals surface area contributed by atoms with E-state index in [0.717, 1.165) is 37.9 Å². The molecule has 0 aliphatic carbocycles. The van der Waals surface area contributed by atoms with E-state index in [9.17, 15) is 10.1 Å². The average Bonchev–Trinajstić information content (AvgIpc) is 2.98. The lowest BCUT2D eigenvalue weighted by atomic mass is 10.1. The van der Waals surface area contributed by atoms with Crippen LogP contribution in [-0.2, 0) is 6.42 Å². The number of pyridine rings is 1. The normalized spacial score (nSPS) is 13.0. The highest BCUT2D eigenvalue weighted by Crippen LogP contribution is 2.41. The summed E-state index contributed by atoms with van der Waals surface area (Å²) < 4.78 is 2.19. The second-order valence-electron chi connectivity index (χ2n) is 6.22. The molecule has 0 bridgehead atoms. The van der Waals surface area contributed by atoms with Crippen molar-refractivity contribution in [1.82, 2.24) is 9.38 Å². The Morgan fingerprint density at radius 2 is 2.04 bits per heavy atom. The SMILES string of the molecule is Cc1cc2ccccc2c2nc3c(n12)Cc1cc([N+](=O)[O-])ccc1S3. The molecule has 0 unspecified atom stereocenters. The molecule has 5 rings (SSSR count). The molecule has 0 atom stereocenters. The summed E-state index contributed by atoms with van der Waals surface area (Å²) in [7, 11) is 0. The number of rotatable bonds is 1. The average molecular weight is 347 g/mol. The Hall–Kier alpha value is -2.86. The van der Waals surface area contributed by atoms with Gasteiger partial charge in [-0.05, 0) is 30.0 Å². The lowest BCUT2D eigenvalue weighted by Gasteiger charge is -2.16. The molecule has 2 aromatic heterocycles. The minimum absolute atomic E-state index is 0.138. The first-order chi connectivity index (χ1) is 12.1. The fourth-order valence-corrected chi connectivity index (χ4v) is 4.57. The van der Waals surface area contributed by atoms with Crippen molar-refractivity contribution in [3.8, 4) is 0 Å². The molecule has 0 saturated carbocycles. The van der Waals surface area contributed by atoms with E-state index in [-0.39, 0.29) is 10.6 Å². The molecule has 0 amide bonds. The van der Waals surface area contributed by atoms with Crippen LogP contribution in [-0.4, -0.2) is 14.3 Å². The maximum absolute atomic E-state index is 11.1. The molecule has 25 heavy (non-hydrogen) atoms. The van der Waals surface area contributed by atoms with Crippen molar-refractivity contribution in [1.29, 1.82) is 0 Å². The number of nitro groups is 1. The monoisotopic (exact) mass is 347 g/mol. The van der Waals surface area contributed by atoms with Crippen LogP contribution in [0.5, 0.6) is 0 Å². The Bertz CT molecular complexity index is 1200. The number of aromatic nitrogens is 2. The molecule has 122 valence electrons. The Morgan fingerprint density at radius 3 is 2.88 bits per heavy atom. The molecule has 1 aliphatic rings. The van der Waals surface area contributed by atoms with Crippen LogP contribution in [0.1, 0.15) is 17.0 Å². The maximum Gasteiger partial charge on any atom is 0.269 e. The quantitative estimate of drug-likeness (QED) is 0.324. The summed E-state index contributed by atoms with van der Waals surface area (Å²) in [6, 6.07) is 15.5. The lowest BCUT2D eigenvalue weighted by molar-refractivity contribution is -0.385. The van der Waals surface area contributed by atoms with E-state index in [0.29, 0.717) is 6.42 Å². The summed E-state index contributed by atoms with van der Waals surface area (Å²) in [4.78, 5) is 16.7. The molecule has 6 heteroatoms. The van der Waals surface area contributed by atoms with Crippen LogP contribution in [0.3, 0.4) is 0 Å². The Kier molecular flexibility index (Phi) is 2.93. The zero-order chi connectivity index (χ0) is 17.1. The molecular weight excluding hydrogens is 334 g/mol. The largest absolute Gasteiger partial charge is 0.299 e. The van der Waals surface area contributed by atoms with Crippen LogP contribution in [0.15, 0.2) is 58.5 Å². The summed E-state index contributed by atoms with van der Waals surface area (Å²) in [6.07, 6.45) is 0.652. The summed E-state index contributed by atoms with van der Waals surface area (Å²) in [5, 5.41) is 14.4. The fraction of sp³-hybridized carbons (Fsp3) is 0.105. The molecule has 0 radical (unpaired) electrons. The number of aryl methyl sites for hydroxylation is 1. The minimum Gasteiger partial charge on any atom is -0.299 e. The molecule has 0 saturated heterocycles. The molecule has 1 aliphatic heterocycles. The van der Waals surface area contributed by atoms with Crippen molar-refractivity contribution >= 4 is 33.9 Å². The Labute approximate surface area is 147 Å². The van der Waals surface area contributed by atoms with Gasteiger partial charge in [0.1, 0.15) is 10.7 Å². The first-order valence-corrected chi connectivity index (χ1v) is 8.78. The Balaban J connectivity index is 1.77. The number of imidazole rings is 1. The van der Waals surface area contributed by atoms with Gasteiger partial charge >= 0.3 is 0 Å². The highest BCUT2D eigenvalue weighted by molar-refractivity contribution is 7.99. The van der Waals surface area contributed by atoms with Gasteiger partial charge in [-0.2, -0.15) is 0 Å². The molecule has 0 fully saturated rings. The van der Waals surface area contributed by atoms with Crippen molar-refractivity contribution in [2.45, 2.75) is 23.3 Å². The maximum atomic E-state index is 11.1. The fourth-order valence-electron chi connectivity index (χ4n) is 3.55. The molecule has 4 aromatic rings. The van der Waals surface area contributed by atoms with Crippen LogP contribution in [0.25, 0.3) is 16.4 Å². The summed E-state index contributed by atoms with van der Waals surface area (Å²) in [5.41, 5.74) is 4.31. The van der Waals surface area contributed by atoms with E-state index >= 15 is 0 Å². The first-order valence-electron chi connectivity index (χ1n) is 7.96. The third-order valence-electron chi connectivity index (χ3n) is 4.67. The van der Waals surface area contributed by atoms with Gasteiger partial charge in [0.05, 0.1) is 10.6 Å². The van der Waals surface area contributed by atoms with E-state index in [2.05, 4.69) is 29.5 Å². The minimum atomic E-state index is -0.340. The summed E-state index contributed by atoms with van der Waals surface area (Å²) in [5.74, 6) is 0. The van der Waals surface area contributed by atoms with Crippen LogP contribution in [0.4, 0.5) is 5.69 Å². The van der Waals surface area contributed by atoms with Crippen LogP contribution in [0.2, 0.25) is 0 Å². The van der Waals surface area contributed by atoms with E-state index in [1.54, 1.807) is 23.9 Å². The number of hydrogen-bond donors (Lipinski definition) is 0. The van der Waals surface area contributed by atoms with Crippen molar-refractivity contribution in [3.05, 3.63) is 75.6 Å². The van der Waals surface area contributed by atoms with Gasteiger partial charge in [0.15, 0.2) is 0 Å². The van der Waals surface area contributed by atoms with Gasteiger partial charge in [-0.3, -0.25) is 14.5 Å². The van der Waals surface area contributed by atoms with E-state index < -0.39 is 0 Å². The number of fused-ring (bicyclic) bond motifs is 6. The van der Waals surface area contributed by atoms with E-state index in [1.165, 1.54) is 5.39 Å². The number of nitro benzene ring substituents is 1. The van der Waals surface area contributed by atoms with Gasteiger partial charge in [-0.15, -0.1) is 0 Å². The van der Waals surface area contributed by atoms with Gasteiger partial charge < -0.3 is 0 Å². The predicted octanol–water partition coefficient (Wildman–Crippen LogP) is 4.76. The van der Waals surface area contributed by atoms with Gasteiger partial charge in [0, 0.05) is 34.5 Å². The molecule has 5 nitrogen and oxygen atoms in total. The lowest BCUT2D eigenvalue weighted by Crippen LogP contribution is -2.04. The highest BCUT2D eigenvalue weighted by Gasteiger charge is 2.24.